The van der Waals surface area contributed by atoms with Crippen molar-refractivity contribution in [3.05, 3.63) is 0 Å². The molecular weight excluding hydrogens is 224 g/mol. The summed E-state index contributed by atoms with van der Waals surface area (Å²) in [7, 11) is 0. The van der Waals surface area contributed by atoms with Crippen LogP contribution < -0.4 is 0 Å². The van der Waals surface area contributed by atoms with E-state index in [0.29, 0.717) is 6.61 Å². The normalized spacial score (nSPS) is 12.4. The molecule has 0 heterocycles. The Morgan fingerprint density at radius 3 is 2.06 bits per heavy atom. The number of carbonyl (C=O) groups is 1. The molecule has 2 heteroatoms. The van der Waals surface area contributed by atoms with Gasteiger partial charge in [-0.15, -0.1) is 0 Å². The van der Waals surface area contributed by atoms with Crippen molar-refractivity contribution in [2.75, 3.05) is 6.61 Å². The lowest BCUT2D eigenvalue weighted by Gasteiger charge is -2.11. The molecule has 0 bridgehead atoms. The maximum atomic E-state index is 11.7. The molecule has 1 unspecified atom stereocenters. The van der Waals surface area contributed by atoms with Gasteiger partial charge in [0.1, 0.15) is 0 Å². The highest BCUT2D eigenvalue weighted by Crippen LogP contribution is 2.13. The summed E-state index contributed by atoms with van der Waals surface area (Å²) < 4.78 is 5.29. The first-order valence-electron chi connectivity index (χ1n) is 7.89. The molecule has 2 nitrogen and oxygen atoms in total. The summed E-state index contributed by atoms with van der Waals surface area (Å²) in [5.74, 6) is 0.0831. The molecule has 0 saturated heterocycles. The van der Waals surface area contributed by atoms with Crippen LogP contribution in [0.4, 0.5) is 0 Å². The summed E-state index contributed by atoms with van der Waals surface area (Å²) in [6.07, 6.45) is 11.9. The fraction of sp³-hybridized carbons (Fsp3) is 0.938. The average molecular weight is 256 g/mol. The molecule has 0 saturated carbocycles. The Morgan fingerprint density at radius 2 is 1.44 bits per heavy atom. The van der Waals surface area contributed by atoms with Gasteiger partial charge in [0.05, 0.1) is 12.5 Å². The van der Waals surface area contributed by atoms with Crippen LogP contribution in [0.15, 0.2) is 0 Å². The van der Waals surface area contributed by atoms with Gasteiger partial charge in [0.25, 0.3) is 0 Å². The van der Waals surface area contributed by atoms with Gasteiger partial charge in [-0.05, 0) is 12.8 Å². The van der Waals surface area contributed by atoms with Gasteiger partial charge in [-0.25, -0.2) is 0 Å². The summed E-state index contributed by atoms with van der Waals surface area (Å²) in [5.41, 5.74) is 0. The zero-order chi connectivity index (χ0) is 13.6. The second kappa shape index (κ2) is 12.9. The molecule has 0 radical (unpaired) electrons. The molecule has 1 atom stereocenters. The van der Waals surface area contributed by atoms with Gasteiger partial charge < -0.3 is 4.74 Å². The molecule has 18 heavy (non-hydrogen) atoms. The zero-order valence-electron chi connectivity index (χ0n) is 12.7. The van der Waals surface area contributed by atoms with E-state index in [4.69, 9.17) is 4.74 Å². The molecule has 108 valence electrons. The molecule has 0 aliphatic heterocycles. The maximum absolute atomic E-state index is 11.7. The van der Waals surface area contributed by atoms with Gasteiger partial charge in [-0.3, -0.25) is 4.79 Å². The summed E-state index contributed by atoms with van der Waals surface area (Å²) in [5, 5.41) is 0. The van der Waals surface area contributed by atoms with Crippen molar-refractivity contribution >= 4 is 5.97 Å². The van der Waals surface area contributed by atoms with Crippen molar-refractivity contribution in [1.29, 1.82) is 0 Å². The summed E-state index contributed by atoms with van der Waals surface area (Å²) in [6.45, 7) is 7.01. The van der Waals surface area contributed by atoms with E-state index in [1.165, 1.54) is 44.9 Å². The van der Waals surface area contributed by atoms with Crippen molar-refractivity contribution in [2.24, 2.45) is 5.92 Å². The Kier molecular flexibility index (Phi) is 12.5. The fourth-order valence-electron chi connectivity index (χ4n) is 2.02. The van der Waals surface area contributed by atoms with Crippen LogP contribution in [-0.2, 0) is 9.53 Å². The van der Waals surface area contributed by atoms with E-state index >= 15 is 0 Å². The topological polar surface area (TPSA) is 26.3 Å². The minimum Gasteiger partial charge on any atom is -0.465 e. The lowest BCUT2D eigenvalue weighted by Crippen LogP contribution is -2.15. The Balaban J connectivity index is 3.39. The van der Waals surface area contributed by atoms with E-state index in [1.807, 2.05) is 6.92 Å². The van der Waals surface area contributed by atoms with Gasteiger partial charge in [-0.1, -0.05) is 72.1 Å². The van der Waals surface area contributed by atoms with Crippen molar-refractivity contribution < 1.29 is 9.53 Å². The third kappa shape index (κ3) is 10.6. The van der Waals surface area contributed by atoms with Gasteiger partial charge >= 0.3 is 5.97 Å². The molecule has 0 aromatic rings. The Morgan fingerprint density at radius 1 is 0.889 bits per heavy atom. The first kappa shape index (κ1) is 17.5. The molecule has 0 spiro atoms. The fourth-order valence-corrected chi connectivity index (χ4v) is 2.02. The zero-order valence-corrected chi connectivity index (χ0v) is 12.7. The number of hydrogen-bond donors (Lipinski definition) is 0. The van der Waals surface area contributed by atoms with Crippen molar-refractivity contribution in [3.63, 3.8) is 0 Å². The minimum absolute atomic E-state index is 0.00184. The Hall–Kier alpha value is -0.530. The first-order chi connectivity index (χ1) is 8.72. The van der Waals surface area contributed by atoms with Crippen LogP contribution in [0.25, 0.3) is 0 Å². The van der Waals surface area contributed by atoms with Crippen LogP contribution in [-0.4, -0.2) is 12.6 Å². The monoisotopic (exact) mass is 256 g/mol. The summed E-state index contributed by atoms with van der Waals surface area (Å²) in [4.78, 5) is 11.7. The largest absolute Gasteiger partial charge is 0.465 e. The van der Waals surface area contributed by atoms with Gasteiger partial charge in [0.15, 0.2) is 0 Å². The highest BCUT2D eigenvalue weighted by molar-refractivity contribution is 5.71. The third-order valence-corrected chi connectivity index (χ3v) is 3.39. The molecule has 0 aromatic carbocycles. The lowest BCUT2D eigenvalue weighted by molar-refractivity contribution is -0.148. The first-order valence-corrected chi connectivity index (χ1v) is 7.89. The molecule has 0 amide bonds. The van der Waals surface area contributed by atoms with Crippen LogP contribution >= 0.6 is 0 Å². The highest BCUT2D eigenvalue weighted by atomic mass is 16.5. The van der Waals surface area contributed by atoms with E-state index in [1.54, 1.807) is 0 Å². The number of unbranched alkanes of at least 4 members (excludes halogenated alkanes) is 7. The van der Waals surface area contributed by atoms with Crippen LogP contribution in [0.3, 0.4) is 0 Å². The predicted octanol–water partition coefficient (Wildman–Crippen LogP) is 5.11. The van der Waals surface area contributed by atoms with Crippen LogP contribution in [0.5, 0.6) is 0 Å². The van der Waals surface area contributed by atoms with Crippen LogP contribution in [0.1, 0.15) is 85.0 Å². The van der Waals surface area contributed by atoms with E-state index in [2.05, 4.69) is 13.8 Å². The number of carbonyl (C=O) groups excluding carboxylic acids is 1. The van der Waals surface area contributed by atoms with E-state index in [9.17, 15) is 4.79 Å². The molecule has 0 aliphatic carbocycles. The van der Waals surface area contributed by atoms with Gasteiger partial charge in [0, 0.05) is 0 Å². The smallest absolute Gasteiger partial charge is 0.308 e. The number of esters is 1. The van der Waals surface area contributed by atoms with Crippen molar-refractivity contribution in [1.82, 2.24) is 0 Å². The Labute approximate surface area is 113 Å². The summed E-state index contributed by atoms with van der Waals surface area (Å²) >= 11 is 0. The minimum atomic E-state index is 0.00184. The second-order valence-electron chi connectivity index (χ2n) is 5.33. The number of hydrogen-bond acceptors (Lipinski definition) is 2. The highest BCUT2D eigenvalue weighted by Gasteiger charge is 2.13. The number of rotatable bonds is 12. The van der Waals surface area contributed by atoms with Gasteiger partial charge in [-0.2, -0.15) is 0 Å². The quantitative estimate of drug-likeness (QED) is 0.358. The molecule has 0 N–H and O–H groups in total. The predicted molar refractivity (Wildman–Crippen MR) is 77.6 cm³/mol. The van der Waals surface area contributed by atoms with Crippen LogP contribution in [0, 0.1) is 5.92 Å². The molecule has 0 fully saturated rings. The van der Waals surface area contributed by atoms with E-state index in [0.717, 1.165) is 19.3 Å². The second-order valence-corrected chi connectivity index (χ2v) is 5.33. The van der Waals surface area contributed by atoms with E-state index < -0.39 is 0 Å². The van der Waals surface area contributed by atoms with Crippen LogP contribution in [0.2, 0.25) is 0 Å². The van der Waals surface area contributed by atoms with Crippen molar-refractivity contribution in [3.8, 4) is 0 Å². The maximum Gasteiger partial charge on any atom is 0.308 e. The Bertz CT molecular complexity index is 190. The standard InChI is InChI=1S/C16H32O2/c1-4-6-8-10-11-13-15(3)16(17)18-14-12-9-7-5-2/h15H,4-14H2,1-3H3. The van der Waals surface area contributed by atoms with Gasteiger partial charge in [0.2, 0.25) is 0 Å². The average Bonchev–Trinajstić information content (AvgIpc) is 2.37. The van der Waals surface area contributed by atoms with Crippen molar-refractivity contribution in [2.45, 2.75) is 85.0 Å². The third-order valence-electron chi connectivity index (χ3n) is 3.39. The molecular formula is C16H32O2. The molecule has 0 aliphatic rings. The lowest BCUT2D eigenvalue weighted by atomic mass is 10.0. The molecule has 0 aromatic heterocycles. The number of ether oxygens (including phenoxy) is 1. The SMILES string of the molecule is CCCCCCCC(C)C(=O)OCCCCCC. The van der Waals surface area contributed by atoms with E-state index in [-0.39, 0.29) is 11.9 Å². The summed E-state index contributed by atoms with van der Waals surface area (Å²) in [6, 6.07) is 0. The molecule has 0 rings (SSSR count).